The lowest BCUT2D eigenvalue weighted by Gasteiger charge is -2.14. The van der Waals surface area contributed by atoms with E-state index < -0.39 is 17.2 Å². The van der Waals surface area contributed by atoms with E-state index in [0.717, 1.165) is 10.1 Å². The number of fused-ring (bicyclic) bond motifs is 1. The van der Waals surface area contributed by atoms with Gasteiger partial charge in [-0.25, -0.2) is 9.78 Å². The van der Waals surface area contributed by atoms with Crippen molar-refractivity contribution in [3.63, 3.8) is 0 Å². The van der Waals surface area contributed by atoms with Gasteiger partial charge >= 0.3 is 5.69 Å². The second-order valence-corrected chi connectivity index (χ2v) is 7.12. The highest BCUT2D eigenvalue weighted by Crippen LogP contribution is 2.16. The van der Waals surface area contributed by atoms with E-state index in [1.807, 2.05) is 37.3 Å². The Labute approximate surface area is 183 Å². The topological polar surface area (TPSA) is 95.2 Å². The minimum atomic E-state index is -0.568. The van der Waals surface area contributed by atoms with Crippen LogP contribution in [0.25, 0.3) is 11.0 Å². The second kappa shape index (κ2) is 9.30. The summed E-state index contributed by atoms with van der Waals surface area (Å²) in [6, 6.07) is 19.4. The third-order valence-electron chi connectivity index (χ3n) is 4.92. The number of ether oxygens (including phenoxy) is 1. The second-order valence-electron chi connectivity index (χ2n) is 7.12. The first kappa shape index (κ1) is 21.0. The van der Waals surface area contributed by atoms with Crippen LogP contribution in [0.2, 0.25) is 0 Å². The van der Waals surface area contributed by atoms with Crippen LogP contribution in [0.4, 0.5) is 5.69 Å². The van der Waals surface area contributed by atoms with E-state index in [1.165, 1.54) is 10.8 Å². The smallest absolute Gasteiger partial charge is 0.332 e. The van der Waals surface area contributed by atoms with Gasteiger partial charge in [0.2, 0.25) is 5.91 Å². The van der Waals surface area contributed by atoms with Gasteiger partial charge in [0.25, 0.3) is 5.56 Å². The van der Waals surface area contributed by atoms with Crippen LogP contribution < -0.4 is 21.3 Å². The third-order valence-corrected chi connectivity index (χ3v) is 4.92. The van der Waals surface area contributed by atoms with Crippen molar-refractivity contribution in [1.29, 1.82) is 0 Å². The van der Waals surface area contributed by atoms with Gasteiger partial charge < -0.3 is 10.1 Å². The molecule has 0 aliphatic carbocycles. The van der Waals surface area contributed by atoms with E-state index in [0.29, 0.717) is 23.6 Å². The highest BCUT2D eigenvalue weighted by atomic mass is 16.5. The number of benzene rings is 2. The number of anilines is 1. The van der Waals surface area contributed by atoms with Gasteiger partial charge in [-0.2, -0.15) is 0 Å². The number of carbonyl (C=O) groups is 1. The van der Waals surface area contributed by atoms with Crippen LogP contribution >= 0.6 is 0 Å². The summed E-state index contributed by atoms with van der Waals surface area (Å²) in [5.41, 5.74) is 0.767. The number of nitrogens with zero attached hydrogens (tertiary/aromatic N) is 3. The molecular formula is C24H22N4O4. The van der Waals surface area contributed by atoms with Crippen molar-refractivity contribution in [2.24, 2.45) is 0 Å². The summed E-state index contributed by atoms with van der Waals surface area (Å²) in [5.74, 6) is 0.304. The Morgan fingerprint density at radius 2 is 1.72 bits per heavy atom. The monoisotopic (exact) mass is 430 g/mol. The Morgan fingerprint density at radius 1 is 0.969 bits per heavy atom. The molecule has 0 aliphatic rings. The maximum Gasteiger partial charge on any atom is 0.332 e. The molecule has 0 fully saturated rings. The van der Waals surface area contributed by atoms with Crippen molar-refractivity contribution in [2.75, 3.05) is 11.9 Å². The summed E-state index contributed by atoms with van der Waals surface area (Å²) in [6.45, 7) is 2.27. The maximum absolute atomic E-state index is 13.2. The molecule has 32 heavy (non-hydrogen) atoms. The molecule has 162 valence electrons. The highest BCUT2D eigenvalue weighted by Gasteiger charge is 2.16. The first-order chi connectivity index (χ1) is 15.6. The summed E-state index contributed by atoms with van der Waals surface area (Å²) >= 11 is 0. The van der Waals surface area contributed by atoms with E-state index in [4.69, 9.17) is 4.74 Å². The first-order valence-electron chi connectivity index (χ1n) is 10.2. The largest absolute Gasteiger partial charge is 0.494 e. The van der Waals surface area contributed by atoms with Gasteiger partial charge in [-0.05, 0) is 48.9 Å². The van der Waals surface area contributed by atoms with Crippen molar-refractivity contribution in [3.05, 3.63) is 99.3 Å². The Morgan fingerprint density at radius 3 is 2.44 bits per heavy atom. The summed E-state index contributed by atoms with van der Waals surface area (Å²) in [5, 5.41) is 2.77. The Hall–Kier alpha value is -4.20. The molecule has 2 aromatic heterocycles. The van der Waals surface area contributed by atoms with E-state index >= 15 is 0 Å². The van der Waals surface area contributed by atoms with E-state index in [9.17, 15) is 14.4 Å². The number of nitrogens with one attached hydrogen (secondary N) is 1. The van der Waals surface area contributed by atoms with Crippen LogP contribution in [-0.4, -0.2) is 26.6 Å². The van der Waals surface area contributed by atoms with Gasteiger partial charge in [-0.15, -0.1) is 0 Å². The minimum absolute atomic E-state index is 0.0888. The lowest BCUT2D eigenvalue weighted by Crippen LogP contribution is -2.42. The quantitative estimate of drug-likeness (QED) is 0.486. The molecular weight excluding hydrogens is 408 g/mol. The fourth-order valence-electron chi connectivity index (χ4n) is 3.45. The SMILES string of the molecule is CCOc1ccc(NC(=O)Cn2c(=O)n(Cc3ccccc3)c(=O)c3ncccc32)cc1. The fourth-order valence-corrected chi connectivity index (χ4v) is 3.45. The summed E-state index contributed by atoms with van der Waals surface area (Å²) < 4.78 is 7.78. The molecule has 0 atom stereocenters. The van der Waals surface area contributed by atoms with Gasteiger partial charge in [-0.1, -0.05) is 30.3 Å². The number of aromatic nitrogens is 3. The molecule has 1 N–H and O–H groups in total. The molecule has 0 spiro atoms. The molecule has 4 aromatic rings. The van der Waals surface area contributed by atoms with Crippen molar-refractivity contribution in [3.8, 4) is 5.75 Å². The Kier molecular flexibility index (Phi) is 6.12. The molecule has 4 rings (SSSR count). The van der Waals surface area contributed by atoms with Crippen molar-refractivity contribution >= 4 is 22.6 Å². The van der Waals surface area contributed by atoms with Gasteiger partial charge in [0, 0.05) is 11.9 Å². The normalized spacial score (nSPS) is 10.8. The number of pyridine rings is 1. The van der Waals surface area contributed by atoms with Crippen LogP contribution in [0.15, 0.2) is 82.5 Å². The summed E-state index contributed by atoms with van der Waals surface area (Å²) in [6.07, 6.45) is 1.49. The van der Waals surface area contributed by atoms with Crippen molar-refractivity contribution in [1.82, 2.24) is 14.1 Å². The molecule has 8 nitrogen and oxygen atoms in total. The van der Waals surface area contributed by atoms with Gasteiger partial charge in [0.05, 0.1) is 18.7 Å². The standard InChI is InChI=1S/C24H22N4O4/c1-2-32-19-12-10-18(11-13-19)26-21(29)16-27-20-9-6-14-25-22(20)23(30)28(24(27)31)15-17-7-4-3-5-8-17/h3-14H,2,15-16H2,1H3,(H,26,29). The van der Waals surface area contributed by atoms with Crippen molar-refractivity contribution < 1.29 is 9.53 Å². The van der Waals surface area contributed by atoms with E-state index in [-0.39, 0.29) is 18.6 Å². The zero-order chi connectivity index (χ0) is 22.5. The summed E-state index contributed by atoms with van der Waals surface area (Å²) in [4.78, 5) is 43.1. The van der Waals surface area contributed by atoms with Gasteiger partial charge in [-0.3, -0.25) is 18.7 Å². The number of hydrogen-bond donors (Lipinski definition) is 1. The zero-order valence-corrected chi connectivity index (χ0v) is 17.5. The van der Waals surface area contributed by atoms with E-state index in [2.05, 4.69) is 10.3 Å². The number of rotatable bonds is 7. The minimum Gasteiger partial charge on any atom is -0.494 e. The van der Waals surface area contributed by atoms with Crippen molar-refractivity contribution in [2.45, 2.75) is 20.0 Å². The molecule has 0 radical (unpaired) electrons. The number of amides is 1. The van der Waals surface area contributed by atoms with Gasteiger partial charge in [0.15, 0.2) is 5.52 Å². The predicted molar refractivity (Wildman–Crippen MR) is 122 cm³/mol. The molecule has 1 amide bonds. The molecule has 8 heteroatoms. The maximum atomic E-state index is 13.2. The van der Waals surface area contributed by atoms with Crippen LogP contribution in [0.5, 0.6) is 5.75 Å². The molecule has 0 saturated heterocycles. The number of carbonyl (C=O) groups excluding carboxylic acids is 1. The van der Waals surface area contributed by atoms with Crippen LogP contribution in [-0.2, 0) is 17.9 Å². The molecule has 2 aromatic carbocycles. The van der Waals surface area contributed by atoms with Gasteiger partial charge in [0.1, 0.15) is 12.3 Å². The van der Waals surface area contributed by atoms with Crippen LogP contribution in [0.1, 0.15) is 12.5 Å². The lowest BCUT2D eigenvalue weighted by molar-refractivity contribution is -0.116. The summed E-state index contributed by atoms with van der Waals surface area (Å²) in [7, 11) is 0. The zero-order valence-electron chi connectivity index (χ0n) is 17.5. The van der Waals surface area contributed by atoms with E-state index in [1.54, 1.807) is 36.4 Å². The molecule has 2 heterocycles. The fraction of sp³-hybridized carbons (Fsp3) is 0.167. The third kappa shape index (κ3) is 4.44. The average molecular weight is 430 g/mol. The Balaban J connectivity index is 1.67. The first-order valence-corrected chi connectivity index (χ1v) is 10.2. The highest BCUT2D eigenvalue weighted by molar-refractivity contribution is 5.91. The molecule has 0 unspecified atom stereocenters. The number of hydrogen-bond acceptors (Lipinski definition) is 5. The molecule has 0 saturated carbocycles. The van der Waals surface area contributed by atoms with Crippen LogP contribution in [0.3, 0.4) is 0 Å². The lowest BCUT2D eigenvalue weighted by atomic mass is 10.2. The van der Waals surface area contributed by atoms with Crippen LogP contribution in [0, 0.1) is 0 Å². The molecule has 0 aliphatic heterocycles. The Bertz CT molecular complexity index is 1360. The average Bonchev–Trinajstić information content (AvgIpc) is 2.81. The molecule has 0 bridgehead atoms. The predicted octanol–water partition coefficient (Wildman–Crippen LogP) is 2.64.